The minimum Gasteiger partial charge on any atom is -0.324 e. The third kappa shape index (κ3) is 4.20. The molecule has 0 bridgehead atoms. The van der Waals surface area contributed by atoms with Crippen LogP contribution in [0.3, 0.4) is 0 Å². The number of nitrogens with one attached hydrogen (secondary N) is 1. The minimum absolute atomic E-state index is 0.524. The van der Waals surface area contributed by atoms with Crippen molar-refractivity contribution < 1.29 is 0 Å². The largest absolute Gasteiger partial charge is 0.324 e. The molecule has 4 aromatic heterocycles. The summed E-state index contributed by atoms with van der Waals surface area (Å²) < 4.78 is 1.72. The minimum atomic E-state index is 0.524. The Hall–Kier alpha value is -4.98. The van der Waals surface area contributed by atoms with Gasteiger partial charge in [0, 0.05) is 46.5 Å². The van der Waals surface area contributed by atoms with E-state index in [0.29, 0.717) is 11.8 Å². The van der Waals surface area contributed by atoms with E-state index in [2.05, 4.69) is 42.5 Å². The predicted octanol–water partition coefficient (Wildman–Crippen LogP) is 5.39. The number of aromatic nitrogens is 7. The third-order valence-electron chi connectivity index (χ3n) is 5.61. The first-order valence-electron chi connectivity index (χ1n) is 11.1. The lowest BCUT2D eigenvalue weighted by Crippen LogP contribution is -1.99. The number of hydrogen-bond donors (Lipinski definition) is 1. The monoisotopic (exact) mass is 456 g/mol. The van der Waals surface area contributed by atoms with E-state index in [4.69, 9.17) is 4.98 Å². The van der Waals surface area contributed by atoms with E-state index in [-0.39, 0.29) is 0 Å². The lowest BCUT2D eigenvalue weighted by atomic mass is 10.0. The molecule has 8 heteroatoms. The van der Waals surface area contributed by atoms with Crippen LogP contribution in [-0.4, -0.2) is 34.7 Å². The molecule has 6 aromatic rings. The Balaban J connectivity index is 1.26. The van der Waals surface area contributed by atoms with Gasteiger partial charge in [0.15, 0.2) is 5.82 Å². The smallest absolute Gasteiger partial charge is 0.227 e. The third-order valence-corrected chi connectivity index (χ3v) is 5.61. The summed E-state index contributed by atoms with van der Waals surface area (Å²) in [5.74, 6) is 1.10. The second kappa shape index (κ2) is 8.75. The maximum atomic E-state index is 4.80. The SMILES string of the molecule is Cc1ccc(-c2cccc3cnc(Nc4ccc(-n5cnc(-c6ccccn6)n5)cc4)nc23)cn1. The summed E-state index contributed by atoms with van der Waals surface area (Å²) in [4.78, 5) is 22.4. The summed E-state index contributed by atoms with van der Waals surface area (Å²) in [6.07, 6.45) is 7.12. The van der Waals surface area contributed by atoms with Gasteiger partial charge >= 0.3 is 0 Å². The quantitative estimate of drug-likeness (QED) is 0.372. The van der Waals surface area contributed by atoms with Crippen molar-refractivity contribution in [3.05, 3.63) is 103 Å². The van der Waals surface area contributed by atoms with Crippen LogP contribution in [0.15, 0.2) is 97.7 Å². The summed E-state index contributed by atoms with van der Waals surface area (Å²) >= 11 is 0. The number of pyridine rings is 2. The van der Waals surface area contributed by atoms with Crippen LogP contribution in [0.4, 0.5) is 11.6 Å². The Bertz CT molecular complexity index is 1610. The second-order valence-corrected chi connectivity index (χ2v) is 8.02. The Labute approximate surface area is 201 Å². The van der Waals surface area contributed by atoms with Crippen molar-refractivity contribution in [2.45, 2.75) is 6.92 Å². The molecule has 0 unspecified atom stereocenters. The normalized spacial score (nSPS) is 11.0. The van der Waals surface area contributed by atoms with Gasteiger partial charge in [0.2, 0.25) is 5.95 Å². The summed E-state index contributed by atoms with van der Waals surface area (Å²) in [7, 11) is 0. The van der Waals surface area contributed by atoms with Crippen molar-refractivity contribution in [2.24, 2.45) is 0 Å². The summed E-state index contributed by atoms with van der Waals surface area (Å²) in [5, 5.41) is 8.81. The topological polar surface area (TPSA) is 94.3 Å². The van der Waals surface area contributed by atoms with Gasteiger partial charge in [0.05, 0.1) is 11.2 Å². The van der Waals surface area contributed by atoms with Gasteiger partial charge in [0.25, 0.3) is 0 Å². The number of fused-ring (bicyclic) bond motifs is 1. The molecule has 1 N–H and O–H groups in total. The number of hydrogen-bond acceptors (Lipinski definition) is 7. The molecular formula is C27H20N8. The number of rotatable bonds is 5. The molecule has 0 aliphatic carbocycles. The molecule has 0 spiro atoms. The average Bonchev–Trinajstić information content (AvgIpc) is 3.40. The van der Waals surface area contributed by atoms with Gasteiger partial charge < -0.3 is 5.32 Å². The van der Waals surface area contributed by atoms with Crippen LogP contribution in [0.2, 0.25) is 0 Å². The second-order valence-electron chi connectivity index (χ2n) is 8.02. The zero-order valence-electron chi connectivity index (χ0n) is 18.9. The summed E-state index contributed by atoms with van der Waals surface area (Å²) in [6.45, 7) is 1.98. The summed E-state index contributed by atoms with van der Waals surface area (Å²) in [5.41, 5.74) is 6.38. The highest BCUT2D eigenvalue weighted by atomic mass is 15.3. The fourth-order valence-electron chi connectivity index (χ4n) is 3.80. The molecule has 4 heterocycles. The van der Waals surface area contributed by atoms with Crippen LogP contribution in [0.1, 0.15) is 5.69 Å². The molecule has 0 amide bonds. The first kappa shape index (κ1) is 20.6. The van der Waals surface area contributed by atoms with Crippen LogP contribution < -0.4 is 5.32 Å². The van der Waals surface area contributed by atoms with E-state index in [1.807, 2.05) is 80.0 Å². The molecule has 0 aliphatic rings. The molecule has 35 heavy (non-hydrogen) atoms. The van der Waals surface area contributed by atoms with Gasteiger partial charge in [-0.15, -0.1) is 5.10 Å². The van der Waals surface area contributed by atoms with Crippen LogP contribution in [0.25, 0.3) is 39.2 Å². The van der Waals surface area contributed by atoms with Crippen molar-refractivity contribution in [3.8, 4) is 28.3 Å². The Morgan fingerprint density at radius 1 is 0.771 bits per heavy atom. The van der Waals surface area contributed by atoms with E-state index in [1.54, 1.807) is 17.2 Å². The standard InChI is InChI=1S/C27H20N8/c1-18-8-9-19(15-29-18)23-6-4-5-20-16-30-27(33-25(20)23)32-21-10-12-22(13-11-21)35-17-31-26(34-35)24-7-2-3-14-28-24/h2-17H,1H3,(H,30,32,33). The zero-order chi connectivity index (χ0) is 23.6. The van der Waals surface area contributed by atoms with Gasteiger partial charge in [-0.05, 0) is 49.4 Å². The maximum Gasteiger partial charge on any atom is 0.227 e. The van der Waals surface area contributed by atoms with Crippen molar-refractivity contribution in [1.29, 1.82) is 0 Å². The van der Waals surface area contributed by atoms with E-state index in [9.17, 15) is 0 Å². The Morgan fingerprint density at radius 3 is 2.49 bits per heavy atom. The van der Waals surface area contributed by atoms with Crippen molar-refractivity contribution in [2.75, 3.05) is 5.32 Å². The van der Waals surface area contributed by atoms with E-state index in [1.165, 1.54) is 0 Å². The van der Waals surface area contributed by atoms with Gasteiger partial charge in [-0.25, -0.2) is 19.6 Å². The van der Waals surface area contributed by atoms with Crippen molar-refractivity contribution in [3.63, 3.8) is 0 Å². The first-order valence-corrected chi connectivity index (χ1v) is 11.1. The number of anilines is 2. The number of para-hydroxylation sites is 1. The highest BCUT2D eigenvalue weighted by Gasteiger charge is 2.09. The number of nitrogens with zero attached hydrogens (tertiary/aromatic N) is 7. The molecule has 0 saturated heterocycles. The van der Waals surface area contributed by atoms with Crippen molar-refractivity contribution >= 4 is 22.5 Å². The highest BCUT2D eigenvalue weighted by molar-refractivity contribution is 5.93. The molecule has 168 valence electrons. The van der Waals surface area contributed by atoms with Gasteiger partial charge in [-0.3, -0.25) is 9.97 Å². The Morgan fingerprint density at radius 2 is 1.69 bits per heavy atom. The first-order chi connectivity index (χ1) is 17.2. The van der Waals surface area contributed by atoms with Gasteiger partial charge in [-0.2, -0.15) is 0 Å². The van der Waals surface area contributed by atoms with Crippen molar-refractivity contribution in [1.82, 2.24) is 34.7 Å². The van der Waals surface area contributed by atoms with E-state index in [0.717, 1.165) is 44.8 Å². The van der Waals surface area contributed by atoms with Gasteiger partial charge in [0.1, 0.15) is 12.0 Å². The molecular weight excluding hydrogens is 436 g/mol. The number of benzene rings is 2. The van der Waals surface area contributed by atoms with Crippen LogP contribution in [0.5, 0.6) is 0 Å². The lowest BCUT2D eigenvalue weighted by molar-refractivity contribution is 0.880. The van der Waals surface area contributed by atoms with E-state index >= 15 is 0 Å². The van der Waals surface area contributed by atoms with Crippen LogP contribution in [0, 0.1) is 6.92 Å². The van der Waals surface area contributed by atoms with Crippen LogP contribution in [-0.2, 0) is 0 Å². The molecule has 2 aromatic carbocycles. The molecule has 0 atom stereocenters. The maximum absolute atomic E-state index is 4.80. The average molecular weight is 457 g/mol. The Kier molecular flexibility index (Phi) is 5.16. The van der Waals surface area contributed by atoms with E-state index < -0.39 is 0 Å². The molecule has 0 saturated carbocycles. The molecule has 0 aliphatic heterocycles. The van der Waals surface area contributed by atoms with Crippen LogP contribution >= 0.6 is 0 Å². The fourth-order valence-corrected chi connectivity index (χ4v) is 3.80. The van der Waals surface area contributed by atoms with Gasteiger partial charge in [-0.1, -0.05) is 30.3 Å². The highest BCUT2D eigenvalue weighted by Crippen LogP contribution is 2.28. The molecule has 8 nitrogen and oxygen atoms in total. The molecule has 6 rings (SSSR count). The fraction of sp³-hybridized carbons (Fsp3) is 0.0370. The molecule has 0 radical (unpaired) electrons. The number of aryl methyl sites for hydroxylation is 1. The zero-order valence-corrected chi connectivity index (χ0v) is 18.9. The summed E-state index contributed by atoms with van der Waals surface area (Å²) in [6, 6.07) is 23.7. The lowest BCUT2D eigenvalue weighted by Gasteiger charge is -2.10. The molecule has 0 fully saturated rings. The predicted molar refractivity (Wildman–Crippen MR) is 135 cm³/mol.